The fourth-order valence-electron chi connectivity index (χ4n) is 4.88. The van der Waals surface area contributed by atoms with Gasteiger partial charge in [0.05, 0.1) is 17.3 Å². The third kappa shape index (κ3) is 4.92. The maximum absolute atomic E-state index is 11.8. The molecule has 40 heavy (non-hydrogen) atoms. The van der Waals surface area contributed by atoms with Gasteiger partial charge >= 0.3 is 5.97 Å². The monoisotopic (exact) mass is 547 g/mol. The van der Waals surface area contributed by atoms with Crippen molar-refractivity contribution in [3.63, 3.8) is 0 Å². The van der Waals surface area contributed by atoms with Crippen LogP contribution in [0.4, 0.5) is 5.69 Å². The number of thiocarbonyl (C=S) groups is 1. The van der Waals surface area contributed by atoms with E-state index < -0.39 is 5.97 Å². The van der Waals surface area contributed by atoms with Crippen LogP contribution in [0.2, 0.25) is 0 Å². The van der Waals surface area contributed by atoms with Crippen LogP contribution in [0.25, 0.3) is 11.3 Å². The molecular weight excluding hydrogens is 522 g/mol. The Kier molecular flexibility index (Phi) is 6.76. The quantitative estimate of drug-likeness (QED) is 0.205. The van der Waals surface area contributed by atoms with Gasteiger partial charge in [-0.15, -0.1) is 0 Å². The van der Waals surface area contributed by atoms with Crippen molar-refractivity contribution < 1.29 is 19.1 Å². The molecule has 2 N–H and O–H groups in total. The van der Waals surface area contributed by atoms with Crippen LogP contribution in [0.15, 0.2) is 114 Å². The van der Waals surface area contributed by atoms with Crippen molar-refractivity contribution in [3.05, 3.63) is 132 Å². The molecule has 1 aliphatic rings. The minimum Gasteiger partial charge on any atom is -0.478 e. The molecule has 3 aromatic carbocycles. The summed E-state index contributed by atoms with van der Waals surface area (Å²) >= 11 is 5.82. The molecule has 0 aliphatic carbocycles. The molecule has 5 aromatic rings. The molecule has 0 spiro atoms. The number of furan rings is 1. The van der Waals surface area contributed by atoms with Gasteiger partial charge in [-0.25, -0.2) is 4.79 Å². The Labute approximate surface area is 236 Å². The van der Waals surface area contributed by atoms with Crippen molar-refractivity contribution in [2.45, 2.75) is 19.0 Å². The number of anilines is 1. The van der Waals surface area contributed by atoms with Gasteiger partial charge in [0.25, 0.3) is 0 Å². The Hall–Kier alpha value is -4.95. The summed E-state index contributed by atoms with van der Waals surface area (Å²) in [5.74, 6) is 1.53. The summed E-state index contributed by atoms with van der Waals surface area (Å²) in [7, 11) is 0. The second-order valence-corrected chi connectivity index (χ2v) is 9.85. The average molecular weight is 548 g/mol. The van der Waals surface area contributed by atoms with Crippen molar-refractivity contribution in [3.8, 4) is 22.8 Å². The highest BCUT2D eigenvalue weighted by molar-refractivity contribution is 7.80. The van der Waals surface area contributed by atoms with E-state index in [0.717, 1.165) is 17.1 Å². The summed E-state index contributed by atoms with van der Waals surface area (Å²) in [4.78, 5) is 18.4. The van der Waals surface area contributed by atoms with Crippen LogP contribution in [-0.2, 0) is 0 Å². The molecule has 0 bridgehead atoms. The Morgan fingerprint density at radius 3 is 2.33 bits per heavy atom. The van der Waals surface area contributed by atoms with Crippen LogP contribution in [0.3, 0.4) is 0 Å². The molecule has 198 valence electrons. The molecule has 0 amide bonds. The summed E-state index contributed by atoms with van der Waals surface area (Å²) in [6, 6.07) is 31.1. The summed E-state index contributed by atoms with van der Waals surface area (Å²) in [6.45, 7) is 2.03. The van der Waals surface area contributed by atoms with E-state index in [1.54, 1.807) is 36.5 Å². The lowest BCUT2D eigenvalue weighted by Gasteiger charge is -2.26. The molecule has 0 saturated carbocycles. The molecule has 7 nitrogen and oxygen atoms in total. The number of hydrogen-bond donors (Lipinski definition) is 2. The number of carbonyl (C=O) groups is 1. The number of aromatic nitrogens is 1. The SMILES string of the molecule is Cc1ccc(Oc2ccc(N3C(=S)N[C@H](c4ccccn4)[C@H]3c3ccc(-c4ccccc4C(=O)O)o3)cc2)cc1. The number of nitrogens with one attached hydrogen (secondary N) is 1. The number of hydrogen-bond acceptors (Lipinski definition) is 5. The van der Waals surface area contributed by atoms with Gasteiger partial charge < -0.3 is 24.5 Å². The third-order valence-electron chi connectivity index (χ3n) is 6.81. The van der Waals surface area contributed by atoms with E-state index in [9.17, 15) is 9.90 Å². The molecule has 6 rings (SSSR count). The first kappa shape index (κ1) is 25.3. The zero-order chi connectivity index (χ0) is 27.6. The van der Waals surface area contributed by atoms with Crippen LogP contribution >= 0.6 is 12.2 Å². The number of carboxylic acid groups (broad SMARTS) is 1. The fourth-order valence-corrected chi connectivity index (χ4v) is 5.23. The van der Waals surface area contributed by atoms with Crippen molar-refractivity contribution in [1.29, 1.82) is 0 Å². The predicted octanol–water partition coefficient (Wildman–Crippen LogP) is 7.32. The van der Waals surface area contributed by atoms with E-state index in [-0.39, 0.29) is 17.6 Å². The van der Waals surface area contributed by atoms with Gasteiger partial charge in [0.2, 0.25) is 0 Å². The van der Waals surface area contributed by atoms with Gasteiger partial charge in [-0.3, -0.25) is 4.98 Å². The number of aromatic carboxylic acids is 1. The van der Waals surface area contributed by atoms with E-state index in [4.69, 9.17) is 21.4 Å². The molecule has 0 radical (unpaired) electrons. The highest BCUT2D eigenvalue weighted by Gasteiger charge is 2.42. The summed E-state index contributed by atoms with van der Waals surface area (Å²) in [6.07, 6.45) is 1.74. The van der Waals surface area contributed by atoms with Gasteiger partial charge in [0.15, 0.2) is 5.11 Å². The lowest BCUT2D eigenvalue weighted by Crippen LogP contribution is -2.29. The van der Waals surface area contributed by atoms with Gasteiger partial charge in [-0.1, -0.05) is 42.0 Å². The number of benzene rings is 3. The molecular formula is C32H25N3O4S. The normalized spacial score (nSPS) is 16.5. The summed E-state index contributed by atoms with van der Waals surface area (Å²) in [5.41, 5.74) is 3.50. The number of carboxylic acids is 1. The van der Waals surface area contributed by atoms with E-state index in [0.29, 0.717) is 27.9 Å². The summed E-state index contributed by atoms with van der Waals surface area (Å²) < 4.78 is 12.4. The van der Waals surface area contributed by atoms with Crippen LogP contribution < -0.4 is 15.0 Å². The molecule has 0 unspecified atom stereocenters. The Morgan fingerprint density at radius 1 is 0.925 bits per heavy atom. The fraction of sp³-hybridized carbons (Fsp3) is 0.0938. The van der Waals surface area contributed by atoms with Gasteiger partial charge in [-0.05, 0) is 85.9 Å². The molecule has 8 heteroatoms. The first-order valence-electron chi connectivity index (χ1n) is 12.8. The Bertz CT molecular complexity index is 1670. The van der Waals surface area contributed by atoms with Crippen molar-refractivity contribution in [2.24, 2.45) is 0 Å². The molecule has 3 heterocycles. The van der Waals surface area contributed by atoms with Crippen molar-refractivity contribution in [2.75, 3.05) is 4.90 Å². The zero-order valence-corrected chi connectivity index (χ0v) is 22.3. The van der Waals surface area contributed by atoms with Gasteiger partial charge in [0.1, 0.15) is 29.1 Å². The molecule has 2 atom stereocenters. The maximum Gasteiger partial charge on any atom is 0.336 e. The van der Waals surface area contributed by atoms with Crippen LogP contribution in [0.5, 0.6) is 11.5 Å². The van der Waals surface area contributed by atoms with Crippen LogP contribution in [-0.4, -0.2) is 21.2 Å². The van der Waals surface area contributed by atoms with Crippen LogP contribution in [0, 0.1) is 6.92 Å². The smallest absolute Gasteiger partial charge is 0.336 e. The van der Waals surface area contributed by atoms with Gasteiger partial charge in [-0.2, -0.15) is 0 Å². The number of rotatable bonds is 7. The highest BCUT2D eigenvalue weighted by Crippen LogP contribution is 2.43. The number of pyridine rings is 1. The molecule has 1 aliphatic heterocycles. The zero-order valence-electron chi connectivity index (χ0n) is 21.5. The van der Waals surface area contributed by atoms with Crippen molar-refractivity contribution >= 4 is 29.0 Å². The minimum atomic E-state index is -1.02. The number of ether oxygens (including phenoxy) is 1. The lowest BCUT2D eigenvalue weighted by atomic mass is 10.0. The first-order chi connectivity index (χ1) is 19.5. The number of nitrogens with zero attached hydrogens (tertiary/aromatic N) is 2. The van der Waals surface area contributed by atoms with E-state index in [2.05, 4.69) is 10.3 Å². The Balaban J connectivity index is 1.36. The molecule has 1 saturated heterocycles. The molecule has 2 aromatic heterocycles. The van der Waals surface area contributed by atoms with E-state index in [1.165, 1.54) is 5.56 Å². The topological polar surface area (TPSA) is 87.8 Å². The third-order valence-corrected chi connectivity index (χ3v) is 7.13. The number of aryl methyl sites for hydroxylation is 1. The average Bonchev–Trinajstić information content (AvgIpc) is 3.60. The van der Waals surface area contributed by atoms with Crippen LogP contribution in [0.1, 0.15) is 39.5 Å². The predicted molar refractivity (Wildman–Crippen MR) is 157 cm³/mol. The highest BCUT2D eigenvalue weighted by atomic mass is 32.1. The lowest BCUT2D eigenvalue weighted by molar-refractivity contribution is 0.0697. The van der Waals surface area contributed by atoms with E-state index in [1.807, 2.05) is 84.6 Å². The standard InChI is InChI=1S/C32H25N3O4S/c1-20-9-13-22(14-10-20)38-23-15-11-21(12-16-23)35-30(29(34-32(35)40)26-8-4-5-19-33-26)28-18-17-27(39-28)24-6-2-3-7-25(24)31(36)37/h2-19,29-30H,1H3,(H,34,40)(H,36,37)/t29-,30-/m1/s1. The van der Waals surface area contributed by atoms with Gasteiger partial charge in [0, 0.05) is 17.4 Å². The second-order valence-electron chi connectivity index (χ2n) is 9.46. The van der Waals surface area contributed by atoms with Crippen molar-refractivity contribution in [1.82, 2.24) is 10.3 Å². The first-order valence-corrected chi connectivity index (χ1v) is 13.2. The summed E-state index contributed by atoms with van der Waals surface area (Å²) in [5, 5.41) is 13.6. The maximum atomic E-state index is 11.8. The largest absolute Gasteiger partial charge is 0.478 e. The van der Waals surface area contributed by atoms with E-state index >= 15 is 0 Å². The molecule has 1 fully saturated rings. The second kappa shape index (κ2) is 10.7. The minimum absolute atomic E-state index is 0.172. The Morgan fingerprint density at radius 2 is 1.62 bits per heavy atom.